The first-order valence-electron chi connectivity index (χ1n) is 10.4. The first-order chi connectivity index (χ1) is 11.3. The number of nitrogens with zero attached hydrogens (tertiary/aromatic N) is 2. The highest BCUT2D eigenvalue weighted by molar-refractivity contribution is 4.84. The van der Waals surface area contributed by atoms with Gasteiger partial charge in [-0.2, -0.15) is 0 Å². The van der Waals surface area contributed by atoms with Crippen LogP contribution < -0.4 is 4.57 Å². The Kier molecular flexibility index (Phi) is 12.0. The van der Waals surface area contributed by atoms with Crippen LogP contribution in [0.5, 0.6) is 0 Å². The number of aromatic nitrogens is 2. The zero-order valence-electron chi connectivity index (χ0n) is 16.2. The van der Waals surface area contributed by atoms with Crippen molar-refractivity contribution in [2.24, 2.45) is 0 Å². The average molecular weight is 322 g/mol. The molecular formula is C21H41N2+. The minimum absolute atomic E-state index is 1.17. The lowest BCUT2D eigenvalue weighted by Gasteiger charge is -2.05. The molecule has 1 heterocycles. The summed E-state index contributed by atoms with van der Waals surface area (Å²) in [7, 11) is 0. The largest absolute Gasteiger partial charge is 0.256 e. The van der Waals surface area contributed by atoms with E-state index in [0.29, 0.717) is 0 Å². The molecule has 0 bridgehead atoms. The first kappa shape index (κ1) is 20.3. The summed E-state index contributed by atoms with van der Waals surface area (Å²) in [5.74, 6) is 1.55. The fourth-order valence-electron chi connectivity index (χ4n) is 3.36. The predicted octanol–water partition coefficient (Wildman–Crippen LogP) is 6.06. The molecule has 0 saturated carbocycles. The second kappa shape index (κ2) is 13.6. The van der Waals surface area contributed by atoms with Crippen molar-refractivity contribution in [1.29, 1.82) is 0 Å². The summed E-state index contributed by atoms with van der Waals surface area (Å²) >= 11 is 0. The molecule has 0 unspecified atom stereocenters. The smallest absolute Gasteiger partial charge is 0.234 e. The Morgan fingerprint density at radius 2 is 1.35 bits per heavy atom. The fourth-order valence-corrected chi connectivity index (χ4v) is 3.36. The van der Waals surface area contributed by atoms with E-state index < -0.39 is 0 Å². The van der Waals surface area contributed by atoms with Crippen molar-refractivity contribution in [2.45, 2.75) is 117 Å². The number of imidazole rings is 1. The van der Waals surface area contributed by atoms with Crippen LogP contribution in [0.25, 0.3) is 0 Å². The molecule has 0 saturated heterocycles. The Morgan fingerprint density at radius 3 is 1.96 bits per heavy atom. The van der Waals surface area contributed by atoms with Crippen molar-refractivity contribution >= 4 is 0 Å². The summed E-state index contributed by atoms with van der Waals surface area (Å²) in [5.41, 5.74) is 0. The van der Waals surface area contributed by atoms with Crippen molar-refractivity contribution in [3.63, 3.8) is 0 Å². The van der Waals surface area contributed by atoms with Gasteiger partial charge < -0.3 is 0 Å². The highest BCUT2D eigenvalue weighted by atomic mass is 15.1. The number of hydrogen-bond acceptors (Lipinski definition) is 0. The van der Waals surface area contributed by atoms with Gasteiger partial charge in [-0.25, -0.2) is 9.13 Å². The molecule has 0 N–H and O–H groups in total. The third-order valence-electron chi connectivity index (χ3n) is 4.81. The van der Waals surface area contributed by atoms with Crippen LogP contribution in [0.4, 0.5) is 0 Å². The van der Waals surface area contributed by atoms with Gasteiger partial charge in [0.2, 0.25) is 0 Å². The van der Waals surface area contributed by atoms with Crippen molar-refractivity contribution in [3.8, 4) is 0 Å². The zero-order valence-corrected chi connectivity index (χ0v) is 16.2. The van der Waals surface area contributed by atoms with Crippen LogP contribution in [0.15, 0.2) is 12.4 Å². The topological polar surface area (TPSA) is 8.81 Å². The minimum atomic E-state index is 1.17. The second-order valence-electron chi connectivity index (χ2n) is 7.03. The highest BCUT2D eigenvalue weighted by Gasteiger charge is 2.15. The van der Waals surface area contributed by atoms with E-state index in [-0.39, 0.29) is 0 Å². The van der Waals surface area contributed by atoms with Gasteiger partial charge in [-0.15, -0.1) is 0 Å². The average Bonchev–Trinajstić information content (AvgIpc) is 2.93. The Balaban J connectivity index is 2.23. The van der Waals surface area contributed by atoms with E-state index in [9.17, 15) is 0 Å². The Bertz CT molecular complexity index is 381. The Labute approximate surface area is 145 Å². The van der Waals surface area contributed by atoms with Crippen molar-refractivity contribution < 1.29 is 4.57 Å². The van der Waals surface area contributed by atoms with Gasteiger partial charge in [0.05, 0.1) is 13.1 Å². The van der Waals surface area contributed by atoms with Gasteiger partial charge in [-0.3, -0.25) is 0 Å². The van der Waals surface area contributed by atoms with Crippen molar-refractivity contribution in [3.05, 3.63) is 18.2 Å². The van der Waals surface area contributed by atoms with E-state index in [1.165, 1.54) is 96.6 Å². The zero-order chi connectivity index (χ0) is 16.8. The van der Waals surface area contributed by atoms with Crippen LogP contribution in [0.3, 0.4) is 0 Å². The molecule has 0 spiro atoms. The monoisotopic (exact) mass is 321 g/mol. The van der Waals surface area contributed by atoms with E-state index >= 15 is 0 Å². The summed E-state index contributed by atoms with van der Waals surface area (Å²) in [6, 6.07) is 0. The lowest BCUT2D eigenvalue weighted by molar-refractivity contribution is -0.703. The summed E-state index contributed by atoms with van der Waals surface area (Å²) in [6.07, 6.45) is 22.4. The summed E-state index contributed by atoms with van der Waals surface area (Å²) in [4.78, 5) is 0. The van der Waals surface area contributed by atoms with Gasteiger partial charge >= 0.3 is 0 Å². The normalized spacial score (nSPS) is 11.3. The molecule has 0 atom stereocenters. The van der Waals surface area contributed by atoms with Gasteiger partial charge in [0.1, 0.15) is 12.4 Å². The third-order valence-corrected chi connectivity index (χ3v) is 4.81. The number of hydrogen-bond donors (Lipinski definition) is 0. The lowest BCUT2D eigenvalue weighted by Crippen LogP contribution is -2.37. The van der Waals surface area contributed by atoms with Crippen LogP contribution in [0.1, 0.15) is 104 Å². The number of aryl methyl sites for hydroxylation is 2. The molecule has 23 heavy (non-hydrogen) atoms. The summed E-state index contributed by atoms with van der Waals surface area (Å²) in [5, 5.41) is 0. The van der Waals surface area contributed by atoms with Crippen molar-refractivity contribution in [1.82, 2.24) is 4.57 Å². The first-order valence-corrected chi connectivity index (χ1v) is 10.4. The molecule has 1 aromatic heterocycles. The summed E-state index contributed by atoms with van der Waals surface area (Å²) < 4.78 is 5.00. The van der Waals surface area contributed by atoms with Gasteiger partial charge in [0.25, 0.3) is 5.82 Å². The van der Waals surface area contributed by atoms with E-state index in [1.807, 2.05) is 0 Å². The van der Waals surface area contributed by atoms with E-state index in [0.717, 1.165) is 0 Å². The van der Waals surface area contributed by atoms with Gasteiger partial charge in [-0.1, -0.05) is 72.1 Å². The van der Waals surface area contributed by atoms with Crippen LogP contribution >= 0.6 is 0 Å². The van der Waals surface area contributed by atoms with Crippen LogP contribution in [-0.4, -0.2) is 4.57 Å². The predicted molar refractivity (Wildman–Crippen MR) is 101 cm³/mol. The third kappa shape index (κ3) is 8.58. The van der Waals surface area contributed by atoms with E-state index in [2.05, 4.69) is 42.3 Å². The minimum Gasteiger partial charge on any atom is -0.234 e. The molecule has 1 rings (SSSR count). The molecule has 0 radical (unpaired) electrons. The van der Waals surface area contributed by atoms with E-state index in [1.54, 1.807) is 5.82 Å². The number of unbranched alkanes of at least 4 members (excludes halogenated alkanes) is 9. The quantitative estimate of drug-likeness (QED) is 0.274. The van der Waals surface area contributed by atoms with Crippen molar-refractivity contribution in [2.75, 3.05) is 0 Å². The molecule has 2 heteroatoms. The molecule has 0 aromatic carbocycles. The van der Waals surface area contributed by atoms with E-state index in [4.69, 9.17) is 0 Å². The summed E-state index contributed by atoms with van der Waals surface area (Å²) in [6.45, 7) is 9.24. The Morgan fingerprint density at radius 1 is 0.739 bits per heavy atom. The van der Waals surface area contributed by atoms with Gasteiger partial charge in [-0.05, 0) is 25.7 Å². The molecule has 134 valence electrons. The maximum atomic E-state index is 2.52. The molecule has 0 amide bonds. The number of rotatable bonds is 15. The molecule has 2 nitrogen and oxygen atoms in total. The standard InChI is InChI=1S/C21H41N2/c1-4-7-9-10-11-12-13-14-15-18-23-20-19-22(17-6-3)21(23)16-8-5-2/h19-20H,4-18H2,1-3H3/q+1. The van der Waals surface area contributed by atoms with Gasteiger partial charge in [0, 0.05) is 6.42 Å². The maximum absolute atomic E-state index is 2.52. The van der Waals surface area contributed by atoms with Gasteiger partial charge in [0.15, 0.2) is 0 Å². The molecular weight excluding hydrogens is 280 g/mol. The fraction of sp³-hybridized carbons (Fsp3) is 0.857. The SMILES string of the molecule is CCCCCCCCCCCn1cc[n+](CCC)c1CCCC. The molecule has 0 aliphatic rings. The van der Waals surface area contributed by atoms with Crippen LogP contribution in [0, 0.1) is 0 Å². The second-order valence-corrected chi connectivity index (χ2v) is 7.03. The maximum Gasteiger partial charge on any atom is 0.256 e. The molecule has 0 fully saturated rings. The Hall–Kier alpha value is -0.790. The van der Waals surface area contributed by atoms with Crippen LogP contribution in [0.2, 0.25) is 0 Å². The molecule has 1 aromatic rings. The molecule has 0 aliphatic heterocycles. The van der Waals surface area contributed by atoms with Crippen LogP contribution in [-0.2, 0) is 19.5 Å². The molecule has 0 aliphatic carbocycles. The lowest BCUT2D eigenvalue weighted by atomic mass is 10.1. The highest BCUT2D eigenvalue weighted by Crippen LogP contribution is 2.11.